The molecule has 4 aliphatic heterocycles. The number of hydrogen-bond acceptors (Lipinski definition) is 10. The second kappa shape index (κ2) is 16.6. The van der Waals surface area contributed by atoms with Crippen LogP contribution in [0.5, 0.6) is 0 Å². The molecule has 0 aliphatic carbocycles. The first-order valence-electron chi connectivity index (χ1n) is 21.0. The van der Waals surface area contributed by atoms with Crippen LogP contribution in [0.1, 0.15) is 70.8 Å². The van der Waals surface area contributed by atoms with Crippen LogP contribution in [0.25, 0.3) is 33.2 Å². The minimum Gasteiger partial charge on any atom is -0.453 e. The Morgan fingerprint density at radius 3 is 2.07 bits per heavy atom. The van der Waals surface area contributed by atoms with Crippen LogP contribution in [0, 0.1) is 11.8 Å². The smallest absolute Gasteiger partial charge is 0.407 e. The van der Waals surface area contributed by atoms with Gasteiger partial charge in [0.1, 0.15) is 23.2 Å². The van der Waals surface area contributed by atoms with Crippen LogP contribution < -0.4 is 16.0 Å². The molecule has 60 heavy (non-hydrogen) atoms. The number of anilines is 1. The molecule has 4 N–H and O–H groups in total. The fourth-order valence-corrected chi connectivity index (χ4v) is 9.20. The minimum atomic E-state index is -0.709. The zero-order chi connectivity index (χ0) is 42.3. The lowest BCUT2D eigenvalue weighted by molar-refractivity contribution is -0.134. The third-order valence-electron chi connectivity index (χ3n) is 12.5. The molecule has 4 atom stereocenters. The van der Waals surface area contributed by atoms with Crippen molar-refractivity contribution in [3.63, 3.8) is 0 Å². The largest absolute Gasteiger partial charge is 0.453 e. The van der Waals surface area contributed by atoms with Gasteiger partial charge < -0.3 is 44.9 Å². The number of hydrogen-bond donors (Lipinski definition) is 4. The number of nitrogens with one attached hydrogen (secondary N) is 4. The third-order valence-corrected chi connectivity index (χ3v) is 12.5. The summed E-state index contributed by atoms with van der Waals surface area (Å²) in [4.78, 5) is 56.0. The summed E-state index contributed by atoms with van der Waals surface area (Å²) >= 11 is 0. The summed E-state index contributed by atoms with van der Waals surface area (Å²) in [6.45, 7) is 14.7. The van der Waals surface area contributed by atoms with Crippen LogP contribution in [0.2, 0.25) is 0 Å². The van der Waals surface area contributed by atoms with Crippen molar-refractivity contribution in [2.24, 2.45) is 16.8 Å². The normalized spacial score (nSPS) is 20.3. The first kappa shape index (κ1) is 40.9. The monoisotopic (exact) mass is 816 g/mol. The zero-order valence-corrected chi connectivity index (χ0v) is 35.3. The van der Waals surface area contributed by atoms with Gasteiger partial charge in [0.05, 0.1) is 57.4 Å². The minimum absolute atomic E-state index is 0.0299. The summed E-state index contributed by atoms with van der Waals surface area (Å²) in [7, 11) is 2.68. The van der Waals surface area contributed by atoms with Crippen LogP contribution >= 0.6 is 0 Å². The Bertz CT molecular complexity index is 2330. The Labute approximate surface area is 351 Å². The molecule has 3 aromatic carbocycles. The van der Waals surface area contributed by atoms with Gasteiger partial charge in [0, 0.05) is 35.6 Å². The molecule has 0 unspecified atom stereocenters. The molecule has 1 spiro atoms. The maximum Gasteiger partial charge on any atom is 0.407 e. The van der Waals surface area contributed by atoms with E-state index in [1.54, 1.807) is 0 Å². The van der Waals surface area contributed by atoms with Crippen LogP contribution in [-0.2, 0) is 24.5 Å². The van der Waals surface area contributed by atoms with E-state index in [2.05, 4.69) is 101 Å². The lowest BCUT2D eigenvalue weighted by atomic mass is 9.84. The Morgan fingerprint density at radius 1 is 0.817 bits per heavy atom. The van der Waals surface area contributed by atoms with Crippen LogP contribution in [0.15, 0.2) is 78.1 Å². The number of aromatic amines is 1. The lowest BCUT2D eigenvalue weighted by Gasteiger charge is -2.44. The zero-order valence-electron chi connectivity index (χ0n) is 35.3. The van der Waals surface area contributed by atoms with Crippen LogP contribution in [0.4, 0.5) is 15.3 Å². The maximum atomic E-state index is 13.9. The molecule has 4 aliphatic rings. The van der Waals surface area contributed by atoms with Gasteiger partial charge in [0.25, 0.3) is 0 Å². The van der Waals surface area contributed by atoms with Gasteiger partial charge in [-0.3, -0.25) is 9.79 Å². The Morgan fingerprint density at radius 2 is 1.42 bits per heavy atom. The topological polar surface area (TPSA) is 163 Å². The second-order valence-electron chi connectivity index (χ2n) is 17.1. The number of aliphatic imine (C=N–C) groups is 1. The Kier molecular flexibility index (Phi) is 11.3. The van der Waals surface area contributed by atoms with Crippen molar-refractivity contribution in [2.45, 2.75) is 83.1 Å². The highest BCUT2D eigenvalue weighted by atomic mass is 16.5. The van der Waals surface area contributed by atoms with Gasteiger partial charge in [-0.2, -0.15) is 0 Å². The van der Waals surface area contributed by atoms with Crippen molar-refractivity contribution in [3.05, 3.63) is 84.5 Å². The number of rotatable bonds is 11. The van der Waals surface area contributed by atoms with E-state index in [9.17, 15) is 14.4 Å². The summed E-state index contributed by atoms with van der Waals surface area (Å²) in [6, 6.07) is 18.3. The first-order valence-corrected chi connectivity index (χ1v) is 21.0. The SMILES string of the molecule is C=C([C@@H](NC(=O)OC)C(C)C)N1CCC[C@H]1c1ncc(-c2ccc3cc(-c4ccc5c(c4)NC([C@@H]4CCCN4C(=O)[C@@H](NC(=O)OC)C(C)C)=NC54COC4)ccc3c2)[nH]1. The van der Waals surface area contributed by atoms with E-state index in [-0.39, 0.29) is 35.9 Å². The average Bonchev–Trinajstić information content (AvgIpc) is 4.04. The second-order valence-corrected chi connectivity index (χ2v) is 17.1. The van der Waals surface area contributed by atoms with Gasteiger partial charge in [0.2, 0.25) is 5.91 Å². The molecule has 14 nitrogen and oxygen atoms in total. The number of methoxy groups -OCH3 is 2. The molecule has 0 radical (unpaired) electrons. The Balaban J connectivity index is 1.01. The number of nitrogens with zero attached hydrogens (tertiary/aromatic N) is 4. The molecule has 3 amide bonds. The highest BCUT2D eigenvalue weighted by Gasteiger charge is 2.47. The number of aromatic nitrogens is 2. The van der Waals surface area contributed by atoms with E-state index in [1.807, 2.05) is 24.9 Å². The van der Waals surface area contributed by atoms with Crippen molar-refractivity contribution in [3.8, 4) is 22.4 Å². The van der Waals surface area contributed by atoms with E-state index in [0.29, 0.717) is 19.8 Å². The molecule has 1 aromatic heterocycles. The molecule has 316 valence electrons. The van der Waals surface area contributed by atoms with Crippen molar-refractivity contribution >= 4 is 40.4 Å². The van der Waals surface area contributed by atoms with Crippen LogP contribution in [-0.4, -0.2) is 102 Å². The first-order chi connectivity index (χ1) is 28.9. The quantitative estimate of drug-likeness (QED) is 0.121. The summed E-state index contributed by atoms with van der Waals surface area (Å²) in [5, 5.41) is 11.6. The fourth-order valence-electron chi connectivity index (χ4n) is 9.20. The van der Waals surface area contributed by atoms with E-state index < -0.39 is 23.8 Å². The van der Waals surface area contributed by atoms with E-state index in [1.165, 1.54) is 14.2 Å². The molecule has 14 heteroatoms. The standard InChI is InChI=1S/C46H56N8O6/c1-26(2)39(50-44(56)58-6)28(5)53-18-8-10-37(53)41-47-23-36(49-41)33-15-14-29-20-30(12-13-31(29)21-33)32-16-17-34-35(22-32)48-42(52-46(34)24-60-25-46)38-11-9-19-54(38)43(55)40(27(3)4)51-45(57)59-7/h12-17,20-23,26-27,37-40H,5,8-11,18-19,24-25H2,1-4,6-7H3,(H,47,49)(H,48,52)(H,50,56)(H,51,57)/t37-,38-,39-,40-/m0/s1. The summed E-state index contributed by atoms with van der Waals surface area (Å²) in [5.74, 6) is 1.51. The van der Waals surface area contributed by atoms with Crippen molar-refractivity contribution in [1.82, 2.24) is 30.4 Å². The van der Waals surface area contributed by atoms with Crippen LogP contribution in [0.3, 0.4) is 0 Å². The molecular formula is C46H56N8O6. The molecule has 5 heterocycles. The highest BCUT2D eigenvalue weighted by molar-refractivity contribution is 6.05. The number of ether oxygens (including phenoxy) is 3. The van der Waals surface area contributed by atoms with Gasteiger partial charge in [-0.05, 0) is 77.6 Å². The van der Waals surface area contributed by atoms with Gasteiger partial charge in [-0.25, -0.2) is 14.6 Å². The number of alkyl carbamates (subject to hydrolysis) is 2. The molecule has 3 saturated heterocycles. The fraction of sp³-hybridized carbons (Fsp3) is 0.457. The third kappa shape index (κ3) is 7.68. The van der Waals surface area contributed by atoms with Gasteiger partial charge in [0.15, 0.2) is 0 Å². The number of imidazole rings is 1. The summed E-state index contributed by atoms with van der Waals surface area (Å²) in [6.07, 6.45) is 4.35. The average molecular weight is 817 g/mol. The predicted octanol–water partition coefficient (Wildman–Crippen LogP) is 7.35. The van der Waals surface area contributed by atoms with E-state index >= 15 is 0 Å². The molecule has 3 fully saturated rings. The molecule has 0 saturated carbocycles. The number of fused-ring (bicyclic) bond motifs is 3. The predicted molar refractivity (Wildman–Crippen MR) is 231 cm³/mol. The van der Waals surface area contributed by atoms with Crippen molar-refractivity contribution < 1.29 is 28.6 Å². The van der Waals surface area contributed by atoms with Gasteiger partial charge in [-0.15, -0.1) is 0 Å². The number of carbonyl (C=O) groups excluding carboxylic acids is 3. The number of amides is 3. The summed E-state index contributed by atoms with van der Waals surface area (Å²) < 4.78 is 15.5. The Hall–Kier alpha value is -5.89. The number of carbonyl (C=O) groups is 3. The summed E-state index contributed by atoms with van der Waals surface area (Å²) in [5.41, 5.74) is 6.52. The maximum absolute atomic E-state index is 13.9. The lowest BCUT2D eigenvalue weighted by Crippen LogP contribution is -2.56. The van der Waals surface area contributed by atoms with Crippen molar-refractivity contribution in [2.75, 3.05) is 45.8 Å². The molecule has 0 bridgehead atoms. The number of benzene rings is 3. The molecule has 8 rings (SSSR count). The van der Waals surface area contributed by atoms with Gasteiger partial charge >= 0.3 is 12.2 Å². The number of H-pyrrole nitrogens is 1. The van der Waals surface area contributed by atoms with Gasteiger partial charge in [-0.1, -0.05) is 70.7 Å². The molecular weight excluding hydrogens is 761 g/mol. The van der Waals surface area contributed by atoms with Crippen molar-refractivity contribution in [1.29, 1.82) is 0 Å². The number of amidine groups is 1. The molecule has 4 aromatic rings. The number of likely N-dealkylation sites (tertiary alicyclic amines) is 2. The van der Waals surface area contributed by atoms with E-state index in [4.69, 9.17) is 24.2 Å². The highest BCUT2D eigenvalue weighted by Crippen LogP contribution is 2.44. The van der Waals surface area contributed by atoms with E-state index in [0.717, 1.165) is 94.0 Å².